The van der Waals surface area contributed by atoms with Gasteiger partial charge in [-0.05, 0) is 69.1 Å². The second-order valence-electron chi connectivity index (χ2n) is 6.82. The van der Waals surface area contributed by atoms with E-state index in [4.69, 9.17) is 4.74 Å². The van der Waals surface area contributed by atoms with Gasteiger partial charge in [-0.3, -0.25) is 14.7 Å². The molecule has 1 N–H and O–H groups in total. The Balaban J connectivity index is 1.91. The van der Waals surface area contributed by atoms with Crippen LogP contribution in [0.2, 0.25) is 0 Å². The van der Waals surface area contributed by atoms with Crippen LogP contribution in [0.3, 0.4) is 0 Å². The molecule has 1 aliphatic rings. The number of likely N-dealkylation sites (tertiary alicyclic amines) is 1. The Hall–Kier alpha value is -2.40. The number of hydrogen-bond donors (Lipinski definition) is 1. The maximum atomic E-state index is 11.3. The normalized spacial score (nSPS) is 17.0. The van der Waals surface area contributed by atoms with E-state index in [1.807, 2.05) is 32.2 Å². The van der Waals surface area contributed by atoms with Crippen LogP contribution < -0.4 is 4.74 Å². The number of carbonyl (C=O) groups is 1. The molecule has 1 saturated heterocycles. The summed E-state index contributed by atoms with van der Waals surface area (Å²) in [5.74, 6) is -0.0804. The first kappa shape index (κ1) is 18.4. The molecule has 5 heteroatoms. The van der Waals surface area contributed by atoms with Crippen molar-refractivity contribution in [2.24, 2.45) is 5.92 Å². The highest BCUT2D eigenvalue weighted by atomic mass is 16.5. The van der Waals surface area contributed by atoms with Gasteiger partial charge in [0.2, 0.25) is 0 Å². The van der Waals surface area contributed by atoms with Crippen molar-refractivity contribution in [3.05, 3.63) is 59.4 Å². The van der Waals surface area contributed by atoms with E-state index in [0.29, 0.717) is 19.4 Å². The minimum absolute atomic E-state index is 0.00533. The van der Waals surface area contributed by atoms with Gasteiger partial charge in [0.05, 0.1) is 24.3 Å². The molecule has 26 heavy (non-hydrogen) atoms. The number of nitrogens with zero attached hydrogens (tertiary/aromatic N) is 2. The number of pyridine rings is 1. The molecule has 0 amide bonds. The van der Waals surface area contributed by atoms with Crippen LogP contribution in [0.1, 0.15) is 42.6 Å². The summed E-state index contributed by atoms with van der Waals surface area (Å²) in [6.07, 6.45) is 3.23. The first-order valence-electron chi connectivity index (χ1n) is 9.20. The Kier molecular flexibility index (Phi) is 5.89. The van der Waals surface area contributed by atoms with Gasteiger partial charge in [-0.25, -0.2) is 0 Å². The lowest BCUT2D eigenvalue weighted by Gasteiger charge is -2.36. The summed E-state index contributed by atoms with van der Waals surface area (Å²) >= 11 is 0. The van der Waals surface area contributed by atoms with Crippen LogP contribution >= 0.6 is 0 Å². The molecule has 138 valence electrons. The summed E-state index contributed by atoms with van der Waals surface area (Å²) in [6.45, 7) is 6.12. The highest BCUT2D eigenvalue weighted by molar-refractivity contribution is 5.70. The molecule has 1 unspecified atom stereocenters. The quantitative estimate of drug-likeness (QED) is 0.857. The topological polar surface area (TPSA) is 62.7 Å². The van der Waals surface area contributed by atoms with Crippen LogP contribution in [-0.2, 0) is 4.79 Å². The maximum Gasteiger partial charge on any atom is 0.306 e. The Morgan fingerprint density at radius 2 is 2.08 bits per heavy atom. The van der Waals surface area contributed by atoms with E-state index in [1.54, 1.807) is 0 Å². The summed E-state index contributed by atoms with van der Waals surface area (Å²) in [7, 11) is 0. The number of hydrogen-bond acceptors (Lipinski definition) is 4. The molecule has 2 heterocycles. The minimum Gasteiger partial charge on any atom is -0.494 e. The van der Waals surface area contributed by atoms with Crippen molar-refractivity contribution in [3.63, 3.8) is 0 Å². The fraction of sp³-hybridized carbons (Fsp3) is 0.429. The number of aliphatic carboxylic acids is 1. The average Bonchev–Trinajstić information content (AvgIpc) is 2.65. The van der Waals surface area contributed by atoms with Crippen molar-refractivity contribution >= 4 is 5.97 Å². The monoisotopic (exact) mass is 354 g/mol. The summed E-state index contributed by atoms with van der Waals surface area (Å²) in [5.41, 5.74) is 3.24. The Labute approximate surface area is 154 Å². The second-order valence-corrected chi connectivity index (χ2v) is 6.82. The Morgan fingerprint density at radius 1 is 1.31 bits per heavy atom. The van der Waals surface area contributed by atoms with E-state index >= 15 is 0 Å². The lowest BCUT2D eigenvalue weighted by Crippen LogP contribution is -2.39. The Bertz CT molecular complexity index is 737. The van der Waals surface area contributed by atoms with Crippen LogP contribution in [0, 0.1) is 12.8 Å². The number of piperidine rings is 1. The Morgan fingerprint density at radius 3 is 2.69 bits per heavy atom. The molecule has 1 atom stereocenters. The number of carboxylic acids is 1. The average molecular weight is 354 g/mol. The lowest BCUT2D eigenvalue weighted by atomic mass is 9.93. The van der Waals surface area contributed by atoms with Crippen LogP contribution in [-0.4, -0.2) is 40.7 Å². The lowest BCUT2D eigenvalue weighted by molar-refractivity contribution is -0.143. The van der Waals surface area contributed by atoms with Crippen molar-refractivity contribution in [2.75, 3.05) is 19.7 Å². The molecule has 1 aliphatic heterocycles. The zero-order valence-electron chi connectivity index (χ0n) is 15.4. The van der Waals surface area contributed by atoms with E-state index in [9.17, 15) is 9.90 Å². The van der Waals surface area contributed by atoms with Gasteiger partial charge in [-0.1, -0.05) is 18.2 Å². The first-order chi connectivity index (χ1) is 12.6. The van der Waals surface area contributed by atoms with Crippen LogP contribution in [0.5, 0.6) is 5.75 Å². The van der Waals surface area contributed by atoms with E-state index in [1.165, 1.54) is 0 Å². The molecule has 2 aromatic rings. The zero-order chi connectivity index (χ0) is 18.5. The van der Waals surface area contributed by atoms with Crippen LogP contribution in [0.4, 0.5) is 0 Å². The highest BCUT2D eigenvalue weighted by Gasteiger charge is 2.30. The highest BCUT2D eigenvalue weighted by Crippen LogP contribution is 2.33. The number of benzene rings is 1. The van der Waals surface area contributed by atoms with Crippen LogP contribution in [0.25, 0.3) is 0 Å². The molecule has 0 saturated carbocycles. The zero-order valence-corrected chi connectivity index (χ0v) is 15.4. The summed E-state index contributed by atoms with van der Waals surface area (Å²) in [4.78, 5) is 18.3. The molecule has 0 spiro atoms. The second kappa shape index (κ2) is 8.32. The fourth-order valence-electron chi connectivity index (χ4n) is 3.56. The largest absolute Gasteiger partial charge is 0.494 e. The smallest absolute Gasteiger partial charge is 0.306 e. The molecule has 1 fully saturated rings. The molecule has 0 aliphatic carbocycles. The molecule has 0 bridgehead atoms. The third kappa shape index (κ3) is 4.22. The van der Waals surface area contributed by atoms with E-state index in [2.05, 4.69) is 34.1 Å². The predicted molar refractivity (Wildman–Crippen MR) is 100 cm³/mol. The number of ether oxygens (including phenoxy) is 1. The van der Waals surface area contributed by atoms with Gasteiger partial charge in [0.15, 0.2) is 0 Å². The van der Waals surface area contributed by atoms with Gasteiger partial charge < -0.3 is 9.84 Å². The van der Waals surface area contributed by atoms with Gasteiger partial charge in [-0.15, -0.1) is 0 Å². The van der Waals surface area contributed by atoms with Gasteiger partial charge in [0.25, 0.3) is 0 Å². The third-order valence-corrected chi connectivity index (χ3v) is 4.94. The minimum atomic E-state index is -0.687. The van der Waals surface area contributed by atoms with Crippen LogP contribution in [0.15, 0.2) is 42.6 Å². The number of aromatic nitrogens is 1. The molecule has 1 aromatic carbocycles. The fourth-order valence-corrected chi connectivity index (χ4v) is 3.56. The first-order valence-corrected chi connectivity index (χ1v) is 9.20. The molecular formula is C21H26N2O3. The molecule has 3 rings (SSSR count). The molecule has 1 aromatic heterocycles. The molecule has 5 nitrogen and oxygen atoms in total. The summed E-state index contributed by atoms with van der Waals surface area (Å²) < 4.78 is 5.67. The number of carboxylic acid groups (broad SMARTS) is 1. The van der Waals surface area contributed by atoms with Crippen molar-refractivity contribution in [1.29, 1.82) is 0 Å². The number of aryl methyl sites for hydroxylation is 1. The maximum absolute atomic E-state index is 11.3. The van der Waals surface area contributed by atoms with Gasteiger partial charge in [-0.2, -0.15) is 0 Å². The van der Waals surface area contributed by atoms with E-state index in [0.717, 1.165) is 35.7 Å². The summed E-state index contributed by atoms with van der Waals surface area (Å²) in [5, 5.41) is 9.28. The predicted octanol–water partition coefficient (Wildman–Crippen LogP) is 3.67. The van der Waals surface area contributed by atoms with Crippen molar-refractivity contribution < 1.29 is 14.6 Å². The van der Waals surface area contributed by atoms with E-state index < -0.39 is 5.97 Å². The summed E-state index contributed by atoms with van der Waals surface area (Å²) in [6, 6.07) is 12.3. The van der Waals surface area contributed by atoms with Gasteiger partial charge >= 0.3 is 5.97 Å². The van der Waals surface area contributed by atoms with E-state index in [-0.39, 0.29) is 12.0 Å². The van der Waals surface area contributed by atoms with Crippen molar-refractivity contribution in [2.45, 2.75) is 32.7 Å². The SMILES string of the molecule is CCOc1cccc(C(c2ccc(C)cn2)N2CCC(C(=O)O)CC2)c1. The molecule has 0 radical (unpaired) electrons. The third-order valence-electron chi connectivity index (χ3n) is 4.94. The standard InChI is InChI=1S/C21H26N2O3/c1-3-26-18-6-4-5-17(13-18)20(19-8-7-15(2)14-22-19)23-11-9-16(10-12-23)21(24)25/h4-8,13-14,16,20H,3,9-12H2,1-2H3,(H,24,25). The number of rotatable bonds is 6. The van der Waals surface area contributed by atoms with Gasteiger partial charge in [0, 0.05) is 6.20 Å². The van der Waals surface area contributed by atoms with Gasteiger partial charge in [0.1, 0.15) is 5.75 Å². The molecular weight excluding hydrogens is 328 g/mol. The van der Waals surface area contributed by atoms with Crippen molar-refractivity contribution in [1.82, 2.24) is 9.88 Å². The van der Waals surface area contributed by atoms with Crippen molar-refractivity contribution in [3.8, 4) is 5.75 Å².